The zero-order valence-electron chi connectivity index (χ0n) is 11.5. The average molecular weight is 303 g/mol. The van der Waals surface area contributed by atoms with Crippen molar-refractivity contribution in [3.05, 3.63) is 0 Å². The van der Waals surface area contributed by atoms with Gasteiger partial charge in [0.15, 0.2) is 0 Å². The van der Waals surface area contributed by atoms with Gasteiger partial charge in [-0.2, -0.15) is 23.5 Å². The van der Waals surface area contributed by atoms with Crippen molar-refractivity contribution in [3.8, 4) is 0 Å². The van der Waals surface area contributed by atoms with Gasteiger partial charge in [-0.15, -0.1) is 0 Å². The highest BCUT2D eigenvalue weighted by molar-refractivity contribution is 8.06. The van der Waals surface area contributed by atoms with Gasteiger partial charge in [-0.3, -0.25) is 0 Å². The molecule has 0 bridgehead atoms. The Morgan fingerprint density at radius 2 is 2.00 bits per heavy atom. The monoisotopic (exact) mass is 303 g/mol. The summed E-state index contributed by atoms with van der Waals surface area (Å²) in [5.74, 6) is 3.63. The van der Waals surface area contributed by atoms with E-state index in [0.717, 1.165) is 19.6 Å². The number of piperidine rings is 1. The minimum atomic E-state index is -0.00631. The highest BCUT2D eigenvalue weighted by atomic mass is 32.2. The molecule has 2 heterocycles. The van der Waals surface area contributed by atoms with Crippen LogP contribution in [-0.2, 0) is 0 Å². The molecule has 4 nitrogen and oxygen atoms in total. The van der Waals surface area contributed by atoms with Gasteiger partial charge in [0.2, 0.25) is 0 Å². The first-order valence-corrected chi connectivity index (χ1v) is 9.48. The Morgan fingerprint density at radius 1 is 1.16 bits per heavy atom. The third-order valence-corrected chi connectivity index (χ3v) is 6.38. The standard InChI is InChI=1S/C13H25N3OS2/c17-13(15-10-12-11-18-8-9-19-12)14-4-7-16-5-2-1-3-6-16/h12H,1-11H2,(H2,14,15,17)/t12-/m1/s1. The van der Waals surface area contributed by atoms with Crippen LogP contribution in [0.15, 0.2) is 0 Å². The van der Waals surface area contributed by atoms with E-state index in [0.29, 0.717) is 5.25 Å². The molecule has 0 aromatic heterocycles. The molecule has 0 aromatic carbocycles. The Kier molecular flexibility index (Phi) is 7.24. The number of rotatable bonds is 5. The lowest BCUT2D eigenvalue weighted by atomic mass is 10.1. The number of nitrogens with zero attached hydrogens (tertiary/aromatic N) is 1. The van der Waals surface area contributed by atoms with Crippen molar-refractivity contribution in [2.24, 2.45) is 0 Å². The Balaban J connectivity index is 1.49. The third kappa shape index (κ3) is 6.27. The molecule has 0 aromatic rings. The van der Waals surface area contributed by atoms with Gasteiger partial charge < -0.3 is 15.5 Å². The molecule has 2 saturated heterocycles. The second-order valence-corrected chi connectivity index (χ2v) is 7.66. The number of carbonyl (C=O) groups is 1. The van der Waals surface area contributed by atoms with Crippen molar-refractivity contribution in [2.45, 2.75) is 24.5 Å². The van der Waals surface area contributed by atoms with Crippen LogP contribution in [0.1, 0.15) is 19.3 Å². The normalized spacial score (nSPS) is 24.9. The first-order chi connectivity index (χ1) is 9.34. The minimum Gasteiger partial charge on any atom is -0.337 e. The predicted molar refractivity (Wildman–Crippen MR) is 85.3 cm³/mol. The molecule has 2 rings (SSSR count). The molecule has 19 heavy (non-hydrogen) atoms. The molecule has 2 fully saturated rings. The maximum atomic E-state index is 11.7. The maximum absolute atomic E-state index is 11.7. The molecule has 2 N–H and O–H groups in total. The van der Waals surface area contributed by atoms with Crippen LogP contribution in [0, 0.1) is 0 Å². The second-order valence-electron chi connectivity index (χ2n) is 5.11. The summed E-state index contributed by atoms with van der Waals surface area (Å²) in [7, 11) is 0. The fourth-order valence-electron chi connectivity index (χ4n) is 2.43. The molecule has 2 aliphatic rings. The summed E-state index contributed by atoms with van der Waals surface area (Å²) in [6.45, 7) is 4.94. The van der Waals surface area contributed by atoms with Gasteiger partial charge in [-0.05, 0) is 25.9 Å². The predicted octanol–water partition coefficient (Wildman–Crippen LogP) is 1.62. The maximum Gasteiger partial charge on any atom is 0.314 e. The van der Waals surface area contributed by atoms with Crippen LogP contribution in [0.4, 0.5) is 4.79 Å². The van der Waals surface area contributed by atoms with E-state index in [9.17, 15) is 4.79 Å². The van der Waals surface area contributed by atoms with Crippen molar-refractivity contribution in [2.75, 3.05) is 50.0 Å². The molecule has 0 aliphatic carbocycles. The van der Waals surface area contributed by atoms with Crippen LogP contribution in [0.2, 0.25) is 0 Å². The van der Waals surface area contributed by atoms with Gasteiger partial charge >= 0.3 is 6.03 Å². The molecule has 110 valence electrons. The molecular weight excluding hydrogens is 278 g/mol. The lowest BCUT2D eigenvalue weighted by molar-refractivity contribution is 0.220. The molecule has 0 unspecified atom stereocenters. The third-order valence-electron chi connectivity index (χ3n) is 3.54. The van der Waals surface area contributed by atoms with Crippen molar-refractivity contribution in [1.82, 2.24) is 15.5 Å². The van der Waals surface area contributed by atoms with Crippen LogP contribution in [-0.4, -0.2) is 66.2 Å². The van der Waals surface area contributed by atoms with Crippen LogP contribution >= 0.6 is 23.5 Å². The van der Waals surface area contributed by atoms with Crippen LogP contribution in [0.3, 0.4) is 0 Å². The molecule has 0 spiro atoms. The smallest absolute Gasteiger partial charge is 0.314 e. The summed E-state index contributed by atoms with van der Waals surface area (Å²) in [5, 5.41) is 6.54. The van der Waals surface area contributed by atoms with E-state index in [1.54, 1.807) is 0 Å². The highest BCUT2D eigenvalue weighted by Gasteiger charge is 2.15. The number of hydrogen-bond acceptors (Lipinski definition) is 4. The zero-order chi connectivity index (χ0) is 13.3. The summed E-state index contributed by atoms with van der Waals surface area (Å²) < 4.78 is 0. The number of urea groups is 1. The van der Waals surface area contributed by atoms with Gasteiger partial charge in [-0.1, -0.05) is 6.42 Å². The number of carbonyl (C=O) groups excluding carboxylic acids is 1. The molecule has 1 atom stereocenters. The molecule has 2 aliphatic heterocycles. The number of amides is 2. The second kappa shape index (κ2) is 8.97. The Labute approximate surface area is 124 Å². The van der Waals surface area contributed by atoms with Gasteiger partial charge in [-0.25, -0.2) is 4.79 Å². The fourth-order valence-corrected chi connectivity index (χ4v) is 5.05. The highest BCUT2D eigenvalue weighted by Crippen LogP contribution is 2.23. The van der Waals surface area contributed by atoms with Crippen LogP contribution < -0.4 is 10.6 Å². The summed E-state index contributed by atoms with van der Waals surface area (Å²) in [4.78, 5) is 14.1. The van der Waals surface area contributed by atoms with E-state index in [1.165, 1.54) is 49.6 Å². The lowest BCUT2D eigenvalue weighted by Crippen LogP contribution is -2.43. The van der Waals surface area contributed by atoms with E-state index < -0.39 is 0 Å². The summed E-state index contributed by atoms with van der Waals surface area (Å²) >= 11 is 3.97. The minimum absolute atomic E-state index is 0.00631. The topological polar surface area (TPSA) is 44.4 Å². The lowest BCUT2D eigenvalue weighted by Gasteiger charge is -2.26. The molecule has 6 heteroatoms. The molecule has 0 saturated carbocycles. The van der Waals surface area contributed by atoms with E-state index >= 15 is 0 Å². The quantitative estimate of drug-likeness (QED) is 0.810. The SMILES string of the molecule is O=C(NCCN1CCCCC1)NC[C@@H]1CSCCS1. The van der Waals surface area contributed by atoms with Crippen LogP contribution in [0.5, 0.6) is 0 Å². The number of hydrogen-bond donors (Lipinski definition) is 2. The number of likely N-dealkylation sites (tertiary alicyclic amines) is 1. The molecular formula is C13H25N3OS2. The van der Waals surface area contributed by atoms with Gasteiger partial charge in [0, 0.05) is 42.1 Å². The van der Waals surface area contributed by atoms with Gasteiger partial charge in [0.1, 0.15) is 0 Å². The van der Waals surface area contributed by atoms with Gasteiger partial charge in [0.05, 0.1) is 0 Å². The molecule has 2 amide bonds. The molecule has 0 radical (unpaired) electrons. The summed E-state index contributed by atoms with van der Waals surface area (Å²) in [5.41, 5.74) is 0. The summed E-state index contributed by atoms with van der Waals surface area (Å²) in [6.07, 6.45) is 3.98. The Hall–Kier alpha value is -0.0700. The van der Waals surface area contributed by atoms with E-state index in [-0.39, 0.29) is 6.03 Å². The average Bonchev–Trinajstić information content (AvgIpc) is 2.47. The zero-order valence-corrected chi connectivity index (χ0v) is 13.2. The fraction of sp³-hybridized carbons (Fsp3) is 0.923. The van der Waals surface area contributed by atoms with E-state index in [1.807, 2.05) is 23.5 Å². The Bertz CT molecular complexity index is 267. The summed E-state index contributed by atoms with van der Waals surface area (Å²) in [6, 6.07) is -0.00631. The van der Waals surface area contributed by atoms with Crippen molar-refractivity contribution in [3.63, 3.8) is 0 Å². The van der Waals surface area contributed by atoms with Crippen molar-refractivity contribution in [1.29, 1.82) is 0 Å². The number of nitrogens with one attached hydrogen (secondary N) is 2. The van der Waals surface area contributed by atoms with E-state index in [2.05, 4.69) is 15.5 Å². The van der Waals surface area contributed by atoms with E-state index in [4.69, 9.17) is 0 Å². The first-order valence-electron chi connectivity index (χ1n) is 7.28. The van der Waals surface area contributed by atoms with Crippen molar-refractivity contribution < 1.29 is 4.79 Å². The largest absolute Gasteiger partial charge is 0.337 e. The first kappa shape index (κ1) is 15.3. The Morgan fingerprint density at radius 3 is 2.74 bits per heavy atom. The van der Waals surface area contributed by atoms with Gasteiger partial charge in [0.25, 0.3) is 0 Å². The van der Waals surface area contributed by atoms with Crippen LogP contribution in [0.25, 0.3) is 0 Å². The van der Waals surface area contributed by atoms with Crippen molar-refractivity contribution >= 4 is 29.6 Å². The number of thioether (sulfide) groups is 2.